The Morgan fingerprint density at radius 2 is 1.96 bits per heavy atom. The van der Waals surface area contributed by atoms with E-state index in [1.807, 2.05) is 0 Å². The highest BCUT2D eigenvalue weighted by molar-refractivity contribution is 5.78. The van der Waals surface area contributed by atoms with Crippen molar-refractivity contribution in [2.75, 3.05) is 33.5 Å². The molecule has 4 heteroatoms. The molecule has 4 rings (SSSR count). The van der Waals surface area contributed by atoms with Crippen molar-refractivity contribution in [1.29, 1.82) is 0 Å². The molecule has 1 aromatic rings. The maximum Gasteiger partial charge on any atom is 0.127 e. The molecule has 0 aromatic heterocycles. The molecule has 0 aliphatic carbocycles. The smallest absolute Gasteiger partial charge is 0.127 e. The summed E-state index contributed by atoms with van der Waals surface area (Å²) in [5.74, 6) is 1.98. The van der Waals surface area contributed by atoms with Crippen molar-refractivity contribution in [3.05, 3.63) is 29.3 Å². The van der Waals surface area contributed by atoms with Crippen LogP contribution in [0.4, 0.5) is 0 Å². The summed E-state index contributed by atoms with van der Waals surface area (Å²) >= 11 is 0. The SMILES string of the molecule is COc1ccc2c3c1CN(C1CCOCC1)CC3=CC(C)(C)CO2. The number of methoxy groups -OCH3 is 1. The summed E-state index contributed by atoms with van der Waals surface area (Å²) < 4.78 is 17.4. The van der Waals surface area contributed by atoms with Crippen molar-refractivity contribution in [3.8, 4) is 11.5 Å². The predicted molar refractivity (Wildman–Crippen MR) is 94.5 cm³/mol. The van der Waals surface area contributed by atoms with Gasteiger partial charge >= 0.3 is 0 Å². The first-order chi connectivity index (χ1) is 11.6. The molecule has 0 amide bonds. The molecule has 1 saturated heterocycles. The van der Waals surface area contributed by atoms with E-state index in [2.05, 4.69) is 37.0 Å². The first-order valence-electron chi connectivity index (χ1n) is 8.94. The number of rotatable bonds is 2. The molecule has 0 saturated carbocycles. The molecule has 130 valence electrons. The lowest BCUT2D eigenvalue weighted by Crippen LogP contribution is -2.42. The Morgan fingerprint density at radius 1 is 1.17 bits per heavy atom. The Kier molecular flexibility index (Phi) is 4.05. The van der Waals surface area contributed by atoms with Crippen LogP contribution in [0.15, 0.2) is 18.2 Å². The summed E-state index contributed by atoms with van der Waals surface area (Å²) in [5.41, 5.74) is 3.97. The van der Waals surface area contributed by atoms with Crippen LogP contribution in [0.5, 0.6) is 11.5 Å². The van der Waals surface area contributed by atoms with Crippen molar-refractivity contribution >= 4 is 5.57 Å². The van der Waals surface area contributed by atoms with Gasteiger partial charge in [0.05, 0.1) is 13.7 Å². The fraction of sp³-hybridized carbons (Fsp3) is 0.600. The van der Waals surface area contributed by atoms with Gasteiger partial charge < -0.3 is 14.2 Å². The van der Waals surface area contributed by atoms with Gasteiger partial charge in [0.1, 0.15) is 11.5 Å². The molecule has 1 aromatic carbocycles. The minimum atomic E-state index is 0.0392. The second-order valence-corrected chi connectivity index (χ2v) is 7.81. The Morgan fingerprint density at radius 3 is 2.71 bits per heavy atom. The monoisotopic (exact) mass is 329 g/mol. The highest BCUT2D eigenvalue weighted by Crippen LogP contribution is 2.44. The zero-order valence-corrected chi connectivity index (χ0v) is 14.9. The predicted octanol–water partition coefficient (Wildman–Crippen LogP) is 3.49. The lowest BCUT2D eigenvalue weighted by molar-refractivity contribution is 0.0347. The minimum Gasteiger partial charge on any atom is -0.496 e. The van der Waals surface area contributed by atoms with E-state index in [0.29, 0.717) is 12.6 Å². The molecule has 24 heavy (non-hydrogen) atoms. The molecule has 3 heterocycles. The van der Waals surface area contributed by atoms with Gasteiger partial charge in [0.25, 0.3) is 0 Å². The maximum atomic E-state index is 6.14. The van der Waals surface area contributed by atoms with Crippen molar-refractivity contribution in [3.63, 3.8) is 0 Å². The minimum absolute atomic E-state index is 0.0392. The van der Waals surface area contributed by atoms with Gasteiger partial charge in [-0.15, -0.1) is 0 Å². The third-order valence-electron chi connectivity index (χ3n) is 5.38. The highest BCUT2D eigenvalue weighted by Gasteiger charge is 2.34. The zero-order valence-electron chi connectivity index (χ0n) is 14.9. The summed E-state index contributed by atoms with van der Waals surface area (Å²) in [6, 6.07) is 4.71. The van der Waals surface area contributed by atoms with Crippen LogP contribution in [-0.4, -0.2) is 44.4 Å². The van der Waals surface area contributed by atoms with Crippen LogP contribution in [0.1, 0.15) is 37.8 Å². The molecule has 1 fully saturated rings. The zero-order chi connectivity index (χ0) is 16.7. The Bertz CT molecular complexity index is 659. The van der Waals surface area contributed by atoms with Crippen molar-refractivity contribution in [2.45, 2.75) is 39.3 Å². The Balaban J connectivity index is 1.79. The normalized spacial score (nSPS) is 23.7. The summed E-state index contributed by atoms with van der Waals surface area (Å²) in [4.78, 5) is 2.60. The van der Waals surface area contributed by atoms with E-state index in [4.69, 9.17) is 14.2 Å². The molecule has 4 nitrogen and oxygen atoms in total. The third-order valence-corrected chi connectivity index (χ3v) is 5.38. The van der Waals surface area contributed by atoms with Crippen molar-refractivity contribution in [2.24, 2.45) is 5.41 Å². The van der Waals surface area contributed by atoms with E-state index in [0.717, 1.165) is 50.6 Å². The van der Waals surface area contributed by atoms with E-state index >= 15 is 0 Å². The third kappa shape index (κ3) is 2.82. The summed E-state index contributed by atoms with van der Waals surface area (Å²) in [6.45, 7) is 8.87. The lowest BCUT2D eigenvalue weighted by atomic mass is 9.86. The molecule has 0 atom stereocenters. The average Bonchev–Trinajstić information content (AvgIpc) is 2.72. The van der Waals surface area contributed by atoms with E-state index in [9.17, 15) is 0 Å². The van der Waals surface area contributed by atoms with E-state index in [-0.39, 0.29) is 5.41 Å². The molecule has 0 spiro atoms. The van der Waals surface area contributed by atoms with Gasteiger partial charge in [-0.05, 0) is 30.5 Å². The second-order valence-electron chi connectivity index (χ2n) is 7.81. The van der Waals surface area contributed by atoms with Gasteiger partial charge in [0, 0.05) is 48.9 Å². The standard InChI is InChI=1S/C20H27NO3/c1-20(2)10-14-11-21(15-6-8-23-9-7-15)12-16-17(22-3)4-5-18(19(14)16)24-13-20/h4-5,10,15H,6-9,11-13H2,1-3H3. The molecule has 3 aliphatic heterocycles. The molecule has 0 radical (unpaired) electrons. The van der Waals surface area contributed by atoms with E-state index < -0.39 is 0 Å². The largest absolute Gasteiger partial charge is 0.496 e. The van der Waals surface area contributed by atoms with Crippen molar-refractivity contribution < 1.29 is 14.2 Å². The van der Waals surface area contributed by atoms with Gasteiger partial charge in [-0.1, -0.05) is 19.9 Å². The number of hydrogen-bond donors (Lipinski definition) is 0. The number of nitrogens with zero attached hydrogens (tertiary/aromatic N) is 1. The van der Waals surface area contributed by atoms with Gasteiger partial charge in [0.2, 0.25) is 0 Å². The summed E-state index contributed by atoms with van der Waals surface area (Å²) in [6.07, 6.45) is 4.64. The molecular weight excluding hydrogens is 302 g/mol. The van der Waals surface area contributed by atoms with Gasteiger partial charge in [0.15, 0.2) is 0 Å². The molecule has 0 N–H and O–H groups in total. The first kappa shape index (κ1) is 16.0. The summed E-state index contributed by atoms with van der Waals surface area (Å²) in [7, 11) is 1.76. The molecule has 0 bridgehead atoms. The van der Waals surface area contributed by atoms with Crippen LogP contribution < -0.4 is 9.47 Å². The van der Waals surface area contributed by atoms with Gasteiger partial charge in [-0.25, -0.2) is 0 Å². The van der Waals surface area contributed by atoms with E-state index in [1.165, 1.54) is 16.7 Å². The topological polar surface area (TPSA) is 30.9 Å². The van der Waals surface area contributed by atoms with E-state index in [1.54, 1.807) is 7.11 Å². The Labute approximate surface area is 144 Å². The van der Waals surface area contributed by atoms with Gasteiger partial charge in [-0.3, -0.25) is 4.90 Å². The maximum absolute atomic E-state index is 6.14. The fourth-order valence-electron chi connectivity index (χ4n) is 4.19. The lowest BCUT2D eigenvalue weighted by Gasteiger charge is -2.39. The van der Waals surface area contributed by atoms with Crippen LogP contribution in [-0.2, 0) is 11.3 Å². The van der Waals surface area contributed by atoms with Crippen molar-refractivity contribution in [1.82, 2.24) is 4.90 Å². The van der Waals surface area contributed by atoms with Crippen LogP contribution >= 0.6 is 0 Å². The average molecular weight is 329 g/mol. The van der Waals surface area contributed by atoms with Gasteiger partial charge in [-0.2, -0.15) is 0 Å². The first-order valence-corrected chi connectivity index (χ1v) is 8.94. The van der Waals surface area contributed by atoms with Crippen LogP contribution in [0.25, 0.3) is 5.57 Å². The van der Waals surface area contributed by atoms with Crippen LogP contribution in [0.2, 0.25) is 0 Å². The van der Waals surface area contributed by atoms with Crippen LogP contribution in [0, 0.1) is 5.41 Å². The molecular formula is C20H27NO3. The molecule has 0 unspecified atom stereocenters. The number of ether oxygens (including phenoxy) is 3. The quantitative estimate of drug-likeness (QED) is 0.831. The summed E-state index contributed by atoms with van der Waals surface area (Å²) in [5, 5.41) is 0. The second kappa shape index (κ2) is 6.08. The molecule has 3 aliphatic rings. The number of benzene rings is 1. The highest BCUT2D eigenvalue weighted by atomic mass is 16.5. The Hall–Kier alpha value is -1.52. The fourth-order valence-corrected chi connectivity index (χ4v) is 4.19. The number of hydrogen-bond acceptors (Lipinski definition) is 4. The van der Waals surface area contributed by atoms with Crippen LogP contribution in [0.3, 0.4) is 0 Å².